The van der Waals surface area contributed by atoms with Gasteiger partial charge in [0.2, 0.25) is 0 Å². The Morgan fingerprint density at radius 1 is 1.25 bits per heavy atom. The van der Waals surface area contributed by atoms with Crippen LogP contribution < -0.4 is 0 Å². The summed E-state index contributed by atoms with van der Waals surface area (Å²) >= 11 is 5.79. The summed E-state index contributed by atoms with van der Waals surface area (Å²) in [7, 11) is 0. The molecule has 1 atom stereocenters. The van der Waals surface area contributed by atoms with Crippen molar-refractivity contribution in [1.29, 1.82) is 0 Å². The summed E-state index contributed by atoms with van der Waals surface area (Å²) < 4.78 is 13.3. The molecule has 0 aliphatic rings. The fourth-order valence-corrected chi connectivity index (χ4v) is 2.21. The zero-order valence-corrected chi connectivity index (χ0v) is 11.0. The topological polar surface area (TPSA) is 63.4 Å². The number of halogens is 2. The molecule has 1 N–H and O–H groups in total. The van der Waals surface area contributed by atoms with Crippen molar-refractivity contribution in [3.63, 3.8) is 0 Å². The average molecular weight is 296 g/mol. The first-order chi connectivity index (χ1) is 9.50. The number of nitrogens with zero attached hydrogens (tertiary/aromatic N) is 1. The fraction of sp³-hybridized carbons (Fsp3) is 0.143. The first kappa shape index (κ1) is 14.4. The van der Waals surface area contributed by atoms with Crippen LogP contribution in [-0.2, 0) is 6.42 Å². The molecule has 104 valence electrons. The SMILES string of the molecule is O=[N+]([O-])c1ccccc1CC(O)c1cccc(F)c1Cl. The summed E-state index contributed by atoms with van der Waals surface area (Å²) in [6.07, 6.45) is -1.13. The van der Waals surface area contributed by atoms with Crippen LogP contribution in [0, 0.1) is 15.9 Å². The maximum atomic E-state index is 13.3. The van der Waals surface area contributed by atoms with Crippen LogP contribution in [0.15, 0.2) is 42.5 Å². The van der Waals surface area contributed by atoms with Crippen LogP contribution in [0.4, 0.5) is 10.1 Å². The van der Waals surface area contributed by atoms with Crippen LogP contribution in [0.1, 0.15) is 17.2 Å². The van der Waals surface area contributed by atoms with Crippen LogP contribution >= 0.6 is 11.6 Å². The van der Waals surface area contributed by atoms with Crippen LogP contribution in [0.25, 0.3) is 0 Å². The largest absolute Gasteiger partial charge is 0.388 e. The minimum Gasteiger partial charge on any atom is -0.388 e. The molecule has 0 bridgehead atoms. The Labute approximate surface area is 119 Å². The first-order valence-corrected chi connectivity index (χ1v) is 6.22. The molecule has 6 heteroatoms. The van der Waals surface area contributed by atoms with Crippen LogP contribution in [0.3, 0.4) is 0 Å². The van der Waals surface area contributed by atoms with E-state index in [0.29, 0.717) is 5.56 Å². The molecule has 0 heterocycles. The fourth-order valence-electron chi connectivity index (χ4n) is 1.96. The standard InChI is InChI=1S/C14H11ClFNO3/c15-14-10(5-3-6-11(14)16)13(18)8-9-4-1-2-7-12(9)17(19)20/h1-7,13,18H,8H2. The van der Waals surface area contributed by atoms with E-state index in [2.05, 4.69) is 0 Å². The molecule has 1 unspecified atom stereocenters. The summed E-state index contributed by atoms with van der Waals surface area (Å²) in [5.41, 5.74) is 0.495. The highest BCUT2D eigenvalue weighted by Crippen LogP contribution is 2.30. The predicted octanol–water partition coefficient (Wildman–Crippen LogP) is 3.66. The Morgan fingerprint density at radius 3 is 2.65 bits per heavy atom. The number of rotatable bonds is 4. The number of nitro groups is 1. The predicted molar refractivity (Wildman–Crippen MR) is 73.2 cm³/mol. The van der Waals surface area contributed by atoms with Gasteiger partial charge in [0.15, 0.2) is 0 Å². The molecule has 2 aromatic rings. The quantitative estimate of drug-likeness (QED) is 0.691. The Hall–Kier alpha value is -1.98. The lowest BCUT2D eigenvalue weighted by atomic mass is 10.00. The van der Waals surface area contributed by atoms with Crippen LogP contribution in [0.5, 0.6) is 0 Å². The summed E-state index contributed by atoms with van der Waals surface area (Å²) in [6.45, 7) is 0. The average Bonchev–Trinajstić information content (AvgIpc) is 2.42. The molecule has 2 rings (SSSR count). The van der Waals surface area contributed by atoms with Crippen molar-refractivity contribution < 1.29 is 14.4 Å². The molecule has 0 spiro atoms. The molecule has 0 amide bonds. The minimum atomic E-state index is -1.11. The lowest BCUT2D eigenvalue weighted by Gasteiger charge is -2.13. The maximum Gasteiger partial charge on any atom is 0.272 e. The molecule has 0 aliphatic heterocycles. The smallest absolute Gasteiger partial charge is 0.272 e. The van der Waals surface area contributed by atoms with Crippen molar-refractivity contribution in [1.82, 2.24) is 0 Å². The Morgan fingerprint density at radius 2 is 1.95 bits per heavy atom. The first-order valence-electron chi connectivity index (χ1n) is 5.85. The van der Waals surface area contributed by atoms with Gasteiger partial charge in [0, 0.05) is 23.6 Å². The van der Waals surface area contributed by atoms with Gasteiger partial charge in [-0.1, -0.05) is 41.9 Å². The number of hydrogen-bond donors (Lipinski definition) is 1. The second kappa shape index (κ2) is 5.98. The van der Waals surface area contributed by atoms with Gasteiger partial charge >= 0.3 is 0 Å². The number of benzene rings is 2. The van der Waals surface area contributed by atoms with E-state index in [0.717, 1.165) is 0 Å². The van der Waals surface area contributed by atoms with Gasteiger partial charge in [-0.2, -0.15) is 0 Å². The Kier molecular flexibility index (Phi) is 4.32. The lowest BCUT2D eigenvalue weighted by Crippen LogP contribution is -2.05. The van der Waals surface area contributed by atoms with E-state index in [-0.39, 0.29) is 22.7 Å². The highest BCUT2D eigenvalue weighted by Gasteiger charge is 2.19. The van der Waals surface area contributed by atoms with Gasteiger partial charge in [0.1, 0.15) is 5.82 Å². The summed E-state index contributed by atoms with van der Waals surface area (Å²) in [4.78, 5) is 10.4. The third-order valence-corrected chi connectivity index (χ3v) is 3.34. The molecule has 0 aliphatic carbocycles. The summed E-state index contributed by atoms with van der Waals surface area (Å²) in [5, 5.41) is 20.8. The Balaban J connectivity index is 2.30. The minimum absolute atomic E-state index is 0.0136. The van der Waals surface area contributed by atoms with E-state index >= 15 is 0 Å². The molecule has 0 saturated carbocycles. The molecular weight excluding hydrogens is 285 g/mol. The van der Waals surface area contributed by atoms with Crippen molar-refractivity contribution in [2.45, 2.75) is 12.5 Å². The van der Waals surface area contributed by atoms with E-state index in [1.165, 1.54) is 24.3 Å². The molecule has 0 saturated heterocycles. The van der Waals surface area contributed by atoms with Crippen LogP contribution in [0.2, 0.25) is 5.02 Å². The van der Waals surface area contributed by atoms with Crippen molar-refractivity contribution in [3.05, 3.63) is 74.5 Å². The van der Waals surface area contributed by atoms with E-state index in [9.17, 15) is 19.6 Å². The zero-order valence-electron chi connectivity index (χ0n) is 10.3. The maximum absolute atomic E-state index is 13.3. The number of para-hydroxylation sites is 1. The van der Waals surface area contributed by atoms with Gasteiger partial charge < -0.3 is 5.11 Å². The normalized spacial score (nSPS) is 12.2. The van der Waals surface area contributed by atoms with Gasteiger partial charge in [0.05, 0.1) is 16.0 Å². The second-order valence-electron chi connectivity index (χ2n) is 4.25. The molecule has 4 nitrogen and oxygen atoms in total. The van der Waals surface area contributed by atoms with Crippen molar-refractivity contribution in [2.24, 2.45) is 0 Å². The van der Waals surface area contributed by atoms with Crippen molar-refractivity contribution in [3.8, 4) is 0 Å². The third-order valence-electron chi connectivity index (χ3n) is 2.94. The van der Waals surface area contributed by atoms with E-state index in [1.807, 2.05) is 0 Å². The summed E-state index contributed by atoms with van der Waals surface area (Å²) in [6, 6.07) is 10.2. The number of aliphatic hydroxyl groups is 1. The van der Waals surface area contributed by atoms with Crippen molar-refractivity contribution >= 4 is 17.3 Å². The van der Waals surface area contributed by atoms with Gasteiger partial charge in [0.25, 0.3) is 5.69 Å². The zero-order chi connectivity index (χ0) is 14.7. The molecule has 0 radical (unpaired) electrons. The van der Waals surface area contributed by atoms with Crippen LogP contribution in [-0.4, -0.2) is 10.0 Å². The highest BCUT2D eigenvalue weighted by molar-refractivity contribution is 6.31. The highest BCUT2D eigenvalue weighted by atomic mass is 35.5. The molecular formula is C14H11ClFNO3. The van der Waals surface area contributed by atoms with E-state index in [4.69, 9.17) is 11.6 Å². The van der Waals surface area contributed by atoms with Gasteiger partial charge in [-0.25, -0.2) is 4.39 Å². The summed E-state index contributed by atoms with van der Waals surface area (Å²) in [5.74, 6) is -0.634. The molecule has 0 fully saturated rings. The second-order valence-corrected chi connectivity index (χ2v) is 4.63. The number of aliphatic hydroxyl groups excluding tert-OH is 1. The van der Waals surface area contributed by atoms with Gasteiger partial charge in [-0.15, -0.1) is 0 Å². The van der Waals surface area contributed by atoms with E-state index in [1.54, 1.807) is 18.2 Å². The van der Waals surface area contributed by atoms with Gasteiger partial charge in [-0.3, -0.25) is 10.1 Å². The lowest BCUT2D eigenvalue weighted by molar-refractivity contribution is -0.385. The Bertz CT molecular complexity index is 648. The van der Waals surface area contributed by atoms with E-state index < -0.39 is 16.8 Å². The van der Waals surface area contributed by atoms with Gasteiger partial charge in [-0.05, 0) is 6.07 Å². The number of hydrogen-bond acceptors (Lipinski definition) is 3. The molecule has 0 aromatic heterocycles. The number of nitro benzene ring substituents is 1. The molecule has 2 aromatic carbocycles. The monoisotopic (exact) mass is 295 g/mol. The molecule has 20 heavy (non-hydrogen) atoms. The van der Waals surface area contributed by atoms with Crippen molar-refractivity contribution in [2.75, 3.05) is 0 Å². The third kappa shape index (κ3) is 2.95.